The number of aryl methyl sites for hydroxylation is 1. The molecule has 0 bridgehead atoms. The minimum Gasteiger partial charge on any atom is -0.497 e. The van der Waals surface area contributed by atoms with Crippen LogP contribution in [0.4, 0.5) is 0 Å². The smallest absolute Gasteiger partial charge is 0.220 e. The number of hydrogen-bond donors (Lipinski definition) is 2. The first kappa shape index (κ1) is 16.5. The molecule has 20 heavy (non-hydrogen) atoms. The maximum Gasteiger partial charge on any atom is 0.220 e. The summed E-state index contributed by atoms with van der Waals surface area (Å²) < 4.78 is 5.15. The molecule has 0 fully saturated rings. The molecule has 1 amide bonds. The van der Waals surface area contributed by atoms with Gasteiger partial charge in [-0.2, -0.15) is 0 Å². The largest absolute Gasteiger partial charge is 0.497 e. The molecule has 1 aromatic rings. The van der Waals surface area contributed by atoms with Gasteiger partial charge >= 0.3 is 0 Å². The maximum absolute atomic E-state index is 11.7. The molecule has 4 nitrogen and oxygen atoms in total. The average Bonchev–Trinajstić information content (AvgIpc) is 2.49. The fraction of sp³-hybridized carbons (Fsp3) is 0.562. The molecular formula is C16H25NO3. The number of carbonyl (C=O) groups is 1. The summed E-state index contributed by atoms with van der Waals surface area (Å²) in [5.74, 6) is 0.971. The molecule has 0 radical (unpaired) electrons. The molecule has 0 aliphatic heterocycles. The van der Waals surface area contributed by atoms with E-state index < -0.39 is 6.10 Å². The van der Waals surface area contributed by atoms with Crippen molar-refractivity contribution in [3.8, 4) is 5.75 Å². The van der Waals surface area contributed by atoms with Crippen molar-refractivity contribution in [3.05, 3.63) is 29.8 Å². The second-order valence-electron chi connectivity index (χ2n) is 5.11. The molecule has 112 valence electrons. The zero-order chi connectivity index (χ0) is 15.0. The summed E-state index contributed by atoms with van der Waals surface area (Å²) >= 11 is 0. The predicted molar refractivity (Wildman–Crippen MR) is 79.8 cm³/mol. The molecule has 0 spiro atoms. The molecule has 2 atom stereocenters. The van der Waals surface area contributed by atoms with Crippen molar-refractivity contribution in [2.75, 3.05) is 13.7 Å². The molecule has 1 aromatic carbocycles. The first-order valence-electron chi connectivity index (χ1n) is 7.14. The van der Waals surface area contributed by atoms with E-state index in [-0.39, 0.29) is 11.8 Å². The van der Waals surface area contributed by atoms with Crippen LogP contribution >= 0.6 is 0 Å². The van der Waals surface area contributed by atoms with Crippen LogP contribution in [-0.2, 0) is 11.2 Å². The van der Waals surface area contributed by atoms with E-state index in [1.54, 1.807) is 7.11 Å². The van der Waals surface area contributed by atoms with Crippen molar-refractivity contribution in [2.24, 2.45) is 5.92 Å². The predicted octanol–water partition coefficient (Wildman–Crippen LogP) is 2.15. The van der Waals surface area contributed by atoms with Crippen molar-refractivity contribution in [3.63, 3.8) is 0 Å². The summed E-state index contributed by atoms with van der Waals surface area (Å²) in [5, 5.41) is 12.6. The van der Waals surface area contributed by atoms with E-state index in [0.29, 0.717) is 19.4 Å². The van der Waals surface area contributed by atoms with Crippen molar-refractivity contribution < 1.29 is 14.6 Å². The molecule has 0 aliphatic carbocycles. The average molecular weight is 279 g/mol. The Bertz CT molecular complexity index is 420. The molecule has 0 aliphatic rings. The third-order valence-electron chi connectivity index (χ3n) is 3.58. The lowest BCUT2D eigenvalue weighted by Crippen LogP contribution is -2.35. The minimum atomic E-state index is -0.472. The number of aliphatic hydroxyl groups is 1. The van der Waals surface area contributed by atoms with Crippen LogP contribution in [0.5, 0.6) is 5.75 Å². The first-order valence-corrected chi connectivity index (χ1v) is 7.14. The Morgan fingerprint density at radius 1 is 1.45 bits per heavy atom. The number of rotatable bonds is 8. The Morgan fingerprint density at radius 2 is 2.20 bits per heavy atom. The Labute approximate surface area is 121 Å². The number of carbonyl (C=O) groups excluding carboxylic acids is 1. The minimum absolute atomic E-state index is 0.0322. The highest BCUT2D eigenvalue weighted by Gasteiger charge is 2.13. The monoisotopic (exact) mass is 279 g/mol. The van der Waals surface area contributed by atoms with Gasteiger partial charge in [0.15, 0.2) is 0 Å². The van der Waals surface area contributed by atoms with Crippen LogP contribution in [0.15, 0.2) is 24.3 Å². The van der Waals surface area contributed by atoms with Crippen LogP contribution in [0.25, 0.3) is 0 Å². The van der Waals surface area contributed by atoms with Gasteiger partial charge < -0.3 is 15.2 Å². The Hall–Kier alpha value is -1.55. The van der Waals surface area contributed by atoms with Gasteiger partial charge in [0.2, 0.25) is 5.91 Å². The molecule has 2 unspecified atom stereocenters. The van der Waals surface area contributed by atoms with Gasteiger partial charge in [0.25, 0.3) is 0 Å². The van der Waals surface area contributed by atoms with Gasteiger partial charge in [-0.15, -0.1) is 0 Å². The van der Waals surface area contributed by atoms with Crippen LogP contribution in [0, 0.1) is 5.92 Å². The molecule has 4 heteroatoms. The van der Waals surface area contributed by atoms with E-state index in [9.17, 15) is 9.90 Å². The van der Waals surface area contributed by atoms with E-state index in [1.807, 2.05) is 38.1 Å². The Morgan fingerprint density at radius 3 is 2.85 bits per heavy atom. The topological polar surface area (TPSA) is 58.6 Å². The van der Waals surface area contributed by atoms with Gasteiger partial charge in [-0.05, 0) is 30.0 Å². The van der Waals surface area contributed by atoms with Crippen LogP contribution < -0.4 is 10.1 Å². The van der Waals surface area contributed by atoms with Crippen molar-refractivity contribution in [2.45, 2.75) is 39.2 Å². The Balaban J connectivity index is 2.32. The van der Waals surface area contributed by atoms with Crippen molar-refractivity contribution in [1.29, 1.82) is 0 Å². The van der Waals surface area contributed by atoms with Gasteiger partial charge in [-0.3, -0.25) is 4.79 Å². The fourth-order valence-corrected chi connectivity index (χ4v) is 1.87. The SMILES string of the molecule is CCC(C)C(O)CNC(=O)CCc1cccc(OC)c1. The first-order chi connectivity index (χ1) is 9.56. The van der Waals surface area contributed by atoms with Crippen LogP contribution in [-0.4, -0.2) is 30.8 Å². The van der Waals surface area contributed by atoms with E-state index in [4.69, 9.17) is 4.74 Å². The normalized spacial score (nSPS) is 13.6. The van der Waals surface area contributed by atoms with Crippen molar-refractivity contribution >= 4 is 5.91 Å². The summed E-state index contributed by atoms with van der Waals surface area (Å²) in [5.41, 5.74) is 1.07. The third-order valence-corrected chi connectivity index (χ3v) is 3.58. The summed E-state index contributed by atoms with van der Waals surface area (Å²) in [6, 6.07) is 7.70. The summed E-state index contributed by atoms with van der Waals surface area (Å²) in [4.78, 5) is 11.7. The molecular weight excluding hydrogens is 254 g/mol. The zero-order valence-corrected chi connectivity index (χ0v) is 12.6. The van der Waals surface area contributed by atoms with Crippen LogP contribution in [0.2, 0.25) is 0 Å². The molecule has 0 saturated carbocycles. The zero-order valence-electron chi connectivity index (χ0n) is 12.6. The number of amides is 1. The third kappa shape index (κ3) is 5.61. The number of methoxy groups -OCH3 is 1. The molecule has 1 rings (SSSR count). The quantitative estimate of drug-likeness (QED) is 0.766. The standard InChI is InChI=1S/C16H25NO3/c1-4-12(2)15(18)11-17-16(19)9-8-13-6-5-7-14(10-13)20-3/h5-7,10,12,15,18H,4,8-9,11H2,1-3H3,(H,17,19). The lowest BCUT2D eigenvalue weighted by atomic mass is 10.0. The second kappa shape index (κ2) is 8.59. The Kier molecular flexibility index (Phi) is 7.09. The lowest BCUT2D eigenvalue weighted by molar-refractivity contribution is -0.121. The van der Waals surface area contributed by atoms with Gasteiger partial charge in [0, 0.05) is 13.0 Å². The van der Waals surface area contributed by atoms with E-state index in [2.05, 4.69) is 5.32 Å². The number of benzene rings is 1. The summed E-state index contributed by atoms with van der Waals surface area (Å²) in [6.07, 6.45) is 1.52. The van der Waals surface area contributed by atoms with Crippen molar-refractivity contribution in [1.82, 2.24) is 5.32 Å². The number of ether oxygens (including phenoxy) is 1. The summed E-state index contributed by atoms with van der Waals surface area (Å²) in [7, 11) is 1.63. The van der Waals surface area contributed by atoms with Gasteiger partial charge in [-0.25, -0.2) is 0 Å². The number of aliphatic hydroxyl groups excluding tert-OH is 1. The highest BCUT2D eigenvalue weighted by atomic mass is 16.5. The second-order valence-corrected chi connectivity index (χ2v) is 5.11. The molecule has 0 heterocycles. The van der Waals surface area contributed by atoms with Crippen LogP contribution in [0.3, 0.4) is 0 Å². The highest BCUT2D eigenvalue weighted by molar-refractivity contribution is 5.76. The summed E-state index contributed by atoms with van der Waals surface area (Å²) in [6.45, 7) is 4.33. The van der Waals surface area contributed by atoms with E-state index >= 15 is 0 Å². The van der Waals surface area contributed by atoms with E-state index in [0.717, 1.165) is 17.7 Å². The van der Waals surface area contributed by atoms with E-state index in [1.165, 1.54) is 0 Å². The van der Waals surface area contributed by atoms with Gasteiger partial charge in [-0.1, -0.05) is 32.4 Å². The molecule has 0 aromatic heterocycles. The number of nitrogens with one attached hydrogen (secondary N) is 1. The maximum atomic E-state index is 11.7. The van der Waals surface area contributed by atoms with Crippen LogP contribution in [0.1, 0.15) is 32.3 Å². The van der Waals surface area contributed by atoms with Gasteiger partial charge in [0.05, 0.1) is 13.2 Å². The van der Waals surface area contributed by atoms with Gasteiger partial charge in [0.1, 0.15) is 5.75 Å². The highest BCUT2D eigenvalue weighted by Crippen LogP contribution is 2.13. The molecule has 0 saturated heterocycles. The lowest BCUT2D eigenvalue weighted by Gasteiger charge is -2.17. The number of hydrogen-bond acceptors (Lipinski definition) is 3. The fourth-order valence-electron chi connectivity index (χ4n) is 1.87. The molecule has 2 N–H and O–H groups in total.